The first-order chi connectivity index (χ1) is 22.9. The molecule has 1 saturated heterocycles. The second kappa shape index (κ2) is 13.8. The molecule has 0 bridgehead atoms. The van der Waals surface area contributed by atoms with Crippen molar-refractivity contribution in [2.45, 2.75) is 95.8 Å². The predicted octanol–water partition coefficient (Wildman–Crippen LogP) is 5.93. The molecule has 2 fully saturated rings. The van der Waals surface area contributed by atoms with E-state index in [4.69, 9.17) is 19.2 Å². The molecular formula is C37H49N5O5S. The van der Waals surface area contributed by atoms with Gasteiger partial charge in [-0.1, -0.05) is 0 Å². The van der Waals surface area contributed by atoms with Gasteiger partial charge in [-0.3, -0.25) is 9.59 Å². The zero-order chi connectivity index (χ0) is 34.3. The molecule has 258 valence electrons. The van der Waals surface area contributed by atoms with E-state index in [9.17, 15) is 9.59 Å². The summed E-state index contributed by atoms with van der Waals surface area (Å²) in [6, 6.07) is 8.43. The van der Waals surface area contributed by atoms with Crippen molar-refractivity contribution in [1.82, 2.24) is 20.2 Å². The first-order valence-electron chi connectivity index (χ1n) is 17.0. The van der Waals surface area contributed by atoms with Crippen molar-refractivity contribution in [3.8, 4) is 22.6 Å². The molecule has 2 unspecified atom stereocenters. The number of morpholine rings is 1. The second-order valence-corrected chi connectivity index (χ2v) is 14.9. The lowest BCUT2D eigenvalue weighted by atomic mass is 9.81. The summed E-state index contributed by atoms with van der Waals surface area (Å²) in [5.41, 5.74) is 3.90. The maximum atomic E-state index is 13.9. The van der Waals surface area contributed by atoms with Crippen molar-refractivity contribution in [2.75, 3.05) is 38.3 Å². The average molecular weight is 676 g/mol. The van der Waals surface area contributed by atoms with Crippen LogP contribution in [0.25, 0.3) is 11.1 Å². The van der Waals surface area contributed by atoms with E-state index in [1.165, 1.54) is 11.8 Å². The number of fused-ring (bicyclic) bond motifs is 1. The summed E-state index contributed by atoms with van der Waals surface area (Å²) in [6.45, 7) is 11.6. The fraction of sp³-hybridized carbons (Fsp3) is 0.541. The van der Waals surface area contributed by atoms with Crippen molar-refractivity contribution in [3.05, 3.63) is 63.2 Å². The lowest BCUT2D eigenvalue weighted by molar-refractivity contribution is -0.123. The van der Waals surface area contributed by atoms with E-state index >= 15 is 0 Å². The molecule has 2 aliphatic heterocycles. The van der Waals surface area contributed by atoms with Gasteiger partial charge < -0.3 is 34.3 Å². The number of benzene rings is 1. The van der Waals surface area contributed by atoms with Gasteiger partial charge >= 0.3 is 0 Å². The summed E-state index contributed by atoms with van der Waals surface area (Å²) < 4.78 is 19.5. The Morgan fingerprint density at radius 1 is 1.08 bits per heavy atom. The molecular weight excluding hydrogens is 627 g/mol. The number of hydrogen-bond donors (Lipinski definition) is 2. The Bertz CT molecular complexity index is 1710. The van der Waals surface area contributed by atoms with Gasteiger partial charge in [0.1, 0.15) is 5.82 Å². The lowest BCUT2D eigenvalue weighted by Crippen LogP contribution is -2.46. The van der Waals surface area contributed by atoms with E-state index in [-0.39, 0.29) is 36.1 Å². The number of rotatable bonds is 8. The van der Waals surface area contributed by atoms with E-state index < -0.39 is 5.79 Å². The van der Waals surface area contributed by atoms with Crippen LogP contribution in [0.4, 0.5) is 5.82 Å². The number of carbonyl (C=O) groups is 1. The summed E-state index contributed by atoms with van der Waals surface area (Å²) in [7, 11) is 4.29. The molecule has 10 nitrogen and oxygen atoms in total. The maximum Gasteiger partial charge on any atom is 0.254 e. The minimum atomic E-state index is -0.857. The van der Waals surface area contributed by atoms with Crippen LogP contribution in [-0.4, -0.2) is 78.3 Å². The topological polar surface area (TPSA) is 109 Å². The van der Waals surface area contributed by atoms with Crippen molar-refractivity contribution in [3.63, 3.8) is 0 Å². The van der Waals surface area contributed by atoms with Gasteiger partial charge in [-0.25, -0.2) is 4.98 Å². The van der Waals surface area contributed by atoms with Crippen LogP contribution < -0.4 is 25.2 Å². The van der Waals surface area contributed by atoms with Crippen LogP contribution in [0.2, 0.25) is 0 Å². The first kappa shape index (κ1) is 34.3. The number of amides is 1. The van der Waals surface area contributed by atoms with Crippen LogP contribution in [0.5, 0.6) is 11.5 Å². The standard InChI is InChI=1S/C37H49N5O5S/c1-21-15-31(48-8)30(36(44)40-21)18-39-35(43)28-16-29(25-9-14-32(38-17-25)42-19-22(2)45-23(3)20-42)34-33(24(28)4)46-37(5,47-34)26-10-12-27(13-11-26)41(6)7/h9,14-17,22-23,26-27H,10-13,18-20H2,1-8H3,(H,39,43)(H,40,44)/t22-,23?,26?,27?,37?/m1/s1. The Hall–Kier alpha value is -3.54. The number of carbonyl (C=O) groups excluding carboxylic acids is 1. The molecule has 3 atom stereocenters. The van der Waals surface area contributed by atoms with Gasteiger partial charge in [0, 0.05) is 83.1 Å². The Kier molecular flexibility index (Phi) is 9.84. The van der Waals surface area contributed by atoms with Gasteiger partial charge in [-0.05, 0) is 98.0 Å². The minimum absolute atomic E-state index is 0.104. The normalized spacial score (nSPS) is 25.4. The first-order valence-corrected chi connectivity index (χ1v) is 18.2. The highest BCUT2D eigenvalue weighted by atomic mass is 32.2. The Labute approximate surface area is 287 Å². The number of hydrogen-bond acceptors (Lipinski definition) is 9. The van der Waals surface area contributed by atoms with Gasteiger partial charge in [-0.2, -0.15) is 0 Å². The summed E-state index contributed by atoms with van der Waals surface area (Å²) in [6.07, 6.45) is 8.16. The lowest BCUT2D eigenvalue weighted by Gasteiger charge is -2.39. The van der Waals surface area contributed by atoms with Crippen LogP contribution in [-0.2, 0) is 11.3 Å². The second-order valence-electron chi connectivity index (χ2n) is 14.0. The van der Waals surface area contributed by atoms with Crippen LogP contribution in [0.1, 0.15) is 73.6 Å². The molecule has 3 aliphatic rings. The number of ether oxygens (including phenoxy) is 3. The summed E-state index contributed by atoms with van der Waals surface area (Å²) in [5.74, 6) is 1.18. The number of nitrogens with zero attached hydrogens (tertiary/aromatic N) is 3. The highest BCUT2D eigenvalue weighted by Crippen LogP contribution is 2.53. The van der Waals surface area contributed by atoms with Gasteiger partial charge in [0.15, 0.2) is 11.5 Å². The molecule has 6 rings (SSSR count). The van der Waals surface area contributed by atoms with Gasteiger partial charge in [0.25, 0.3) is 17.3 Å². The van der Waals surface area contributed by atoms with Gasteiger partial charge in [0.05, 0.1) is 12.2 Å². The predicted molar refractivity (Wildman–Crippen MR) is 190 cm³/mol. The number of aromatic nitrogens is 2. The van der Waals surface area contributed by atoms with E-state index in [0.29, 0.717) is 34.2 Å². The van der Waals surface area contributed by atoms with Crippen LogP contribution >= 0.6 is 11.8 Å². The number of anilines is 1. The highest BCUT2D eigenvalue weighted by Gasteiger charge is 2.47. The number of aromatic amines is 1. The zero-order valence-corrected chi connectivity index (χ0v) is 30.3. The molecule has 4 heterocycles. The Morgan fingerprint density at radius 3 is 2.40 bits per heavy atom. The van der Waals surface area contributed by atoms with Gasteiger partial charge in [0.2, 0.25) is 0 Å². The third kappa shape index (κ3) is 6.82. The van der Waals surface area contributed by atoms with Crippen molar-refractivity contribution < 1.29 is 19.0 Å². The number of pyridine rings is 2. The smallest absolute Gasteiger partial charge is 0.254 e. The molecule has 2 aromatic heterocycles. The van der Waals surface area contributed by atoms with E-state index in [1.54, 1.807) is 0 Å². The van der Waals surface area contributed by atoms with Gasteiger partial charge in [-0.15, -0.1) is 11.8 Å². The monoisotopic (exact) mass is 675 g/mol. The van der Waals surface area contributed by atoms with Crippen molar-refractivity contribution in [1.29, 1.82) is 0 Å². The number of aryl methyl sites for hydroxylation is 1. The SMILES string of the molecule is CSc1cc(C)[nH]c(=O)c1CNC(=O)c1cc(-c2ccc(N3CC(C)O[C@H](C)C3)nc2)c2c(c1C)OC(C)(C1CCC(N(C)C)CC1)O2. The minimum Gasteiger partial charge on any atom is -0.448 e. The molecule has 48 heavy (non-hydrogen) atoms. The molecule has 3 aromatic rings. The van der Waals surface area contributed by atoms with Crippen LogP contribution in [0, 0.1) is 19.8 Å². The largest absolute Gasteiger partial charge is 0.448 e. The van der Waals surface area contributed by atoms with E-state index in [1.807, 2.05) is 57.5 Å². The van der Waals surface area contributed by atoms with Crippen LogP contribution in [0.3, 0.4) is 0 Å². The summed E-state index contributed by atoms with van der Waals surface area (Å²) >= 11 is 1.49. The average Bonchev–Trinajstić information content (AvgIpc) is 3.43. The van der Waals surface area contributed by atoms with Crippen molar-refractivity contribution >= 4 is 23.5 Å². The zero-order valence-electron chi connectivity index (χ0n) is 29.4. The quantitative estimate of drug-likeness (QED) is 0.281. The molecule has 1 aliphatic carbocycles. The summed E-state index contributed by atoms with van der Waals surface area (Å²) in [5, 5.41) is 3.01. The molecule has 1 saturated carbocycles. The fourth-order valence-electron chi connectivity index (χ4n) is 7.51. The van der Waals surface area contributed by atoms with Crippen molar-refractivity contribution in [2.24, 2.45) is 5.92 Å². The Morgan fingerprint density at radius 2 is 1.77 bits per heavy atom. The van der Waals surface area contributed by atoms with Crippen LogP contribution in [0.15, 0.2) is 40.2 Å². The Balaban J connectivity index is 1.34. The number of H-pyrrole nitrogens is 1. The van der Waals surface area contributed by atoms with E-state index in [0.717, 1.165) is 66.3 Å². The number of nitrogens with one attached hydrogen (secondary N) is 2. The third-order valence-electron chi connectivity index (χ3n) is 10.2. The molecule has 0 spiro atoms. The summed E-state index contributed by atoms with van der Waals surface area (Å²) in [4.78, 5) is 39.8. The third-order valence-corrected chi connectivity index (χ3v) is 11.0. The maximum absolute atomic E-state index is 13.9. The highest BCUT2D eigenvalue weighted by molar-refractivity contribution is 7.98. The fourth-order valence-corrected chi connectivity index (χ4v) is 8.22. The molecule has 2 N–H and O–H groups in total. The molecule has 1 amide bonds. The molecule has 0 radical (unpaired) electrons. The molecule has 11 heteroatoms. The van der Waals surface area contributed by atoms with E-state index in [2.05, 4.69) is 48.0 Å². The number of thioether (sulfide) groups is 1. The molecule has 1 aromatic carbocycles.